The van der Waals surface area contributed by atoms with Crippen LogP contribution in [0.15, 0.2) is 14.7 Å². The molecule has 1 aliphatic carbocycles. The quantitative estimate of drug-likeness (QED) is 0.448. The number of nitrogens with zero attached hydrogens (tertiary/aromatic N) is 3. The fourth-order valence-electron chi connectivity index (χ4n) is 3.57. The fourth-order valence-corrected chi connectivity index (χ4v) is 5.82. The third kappa shape index (κ3) is 3.81. The summed E-state index contributed by atoms with van der Waals surface area (Å²) in [4.78, 5) is 34.3. The third-order valence-electron chi connectivity index (χ3n) is 5.01. The number of thiophene rings is 1. The first-order valence-corrected chi connectivity index (χ1v) is 11.2. The minimum Gasteiger partial charge on any atom is -0.385 e. The molecule has 0 aliphatic heterocycles. The maximum Gasteiger partial charge on any atom is 0.343 e. The highest BCUT2D eigenvalue weighted by Gasteiger charge is 2.23. The molecule has 0 amide bonds. The Bertz CT molecular complexity index is 1100. The lowest BCUT2D eigenvalue weighted by molar-refractivity contribution is 0.189. The molecule has 10 heteroatoms. The van der Waals surface area contributed by atoms with Crippen LogP contribution in [0.1, 0.15) is 36.0 Å². The largest absolute Gasteiger partial charge is 0.385 e. The Morgan fingerprint density at radius 1 is 1.39 bits per heavy atom. The highest BCUT2D eigenvalue weighted by molar-refractivity contribution is 7.98. The number of methoxy groups -OCH3 is 1. The number of aromatic amines is 2. The molecule has 3 aromatic heterocycles. The zero-order valence-corrected chi connectivity index (χ0v) is 17.5. The van der Waals surface area contributed by atoms with Crippen molar-refractivity contribution in [3.63, 3.8) is 0 Å². The van der Waals surface area contributed by atoms with Crippen molar-refractivity contribution in [3.05, 3.63) is 37.1 Å². The van der Waals surface area contributed by atoms with E-state index in [4.69, 9.17) is 4.74 Å². The molecule has 0 saturated carbocycles. The van der Waals surface area contributed by atoms with Crippen LogP contribution in [0, 0.1) is 5.92 Å². The van der Waals surface area contributed by atoms with Crippen LogP contribution >= 0.6 is 23.1 Å². The Balaban J connectivity index is 1.55. The van der Waals surface area contributed by atoms with Crippen molar-refractivity contribution in [1.29, 1.82) is 0 Å². The van der Waals surface area contributed by atoms with Gasteiger partial charge in [-0.15, -0.1) is 16.4 Å². The van der Waals surface area contributed by atoms with Crippen molar-refractivity contribution in [2.75, 3.05) is 13.7 Å². The van der Waals surface area contributed by atoms with Crippen LogP contribution in [0.2, 0.25) is 0 Å². The van der Waals surface area contributed by atoms with E-state index in [1.54, 1.807) is 23.0 Å². The van der Waals surface area contributed by atoms with Crippen LogP contribution in [0.4, 0.5) is 0 Å². The molecule has 1 atom stereocenters. The van der Waals surface area contributed by atoms with Gasteiger partial charge < -0.3 is 9.72 Å². The molecule has 0 bridgehead atoms. The molecule has 0 unspecified atom stereocenters. The van der Waals surface area contributed by atoms with E-state index in [2.05, 4.69) is 27.1 Å². The second-order valence-corrected chi connectivity index (χ2v) is 9.17. The van der Waals surface area contributed by atoms with Crippen molar-refractivity contribution in [3.8, 4) is 0 Å². The number of nitrogens with one attached hydrogen (secondary N) is 2. The predicted octanol–water partition coefficient (Wildman–Crippen LogP) is 2.32. The van der Waals surface area contributed by atoms with Gasteiger partial charge in [-0.3, -0.25) is 9.36 Å². The molecular formula is C18H23N5O3S2. The highest BCUT2D eigenvalue weighted by Crippen LogP contribution is 2.35. The van der Waals surface area contributed by atoms with E-state index < -0.39 is 0 Å². The van der Waals surface area contributed by atoms with Gasteiger partial charge in [-0.2, -0.15) is 0 Å². The summed E-state index contributed by atoms with van der Waals surface area (Å²) in [5.74, 6) is 1.70. The molecule has 8 nitrogen and oxygen atoms in total. The molecule has 0 aromatic carbocycles. The lowest BCUT2D eigenvalue weighted by Crippen LogP contribution is -2.18. The molecule has 150 valence electrons. The minimum atomic E-state index is -0.240. The van der Waals surface area contributed by atoms with Gasteiger partial charge in [-0.1, -0.05) is 18.7 Å². The molecule has 4 rings (SSSR count). The summed E-state index contributed by atoms with van der Waals surface area (Å²) in [6.07, 6.45) is 3.83. The molecule has 3 aromatic rings. The van der Waals surface area contributed by atoms with Crippen molar-refractivity contribution < 1.29 is 4.74 Å². The molecule has 1 aliphatic rings. The van der Waals surface area contributed by atoms with E-state index in [-0.39, 0.29) is 11.2 Å². The van der Waals surface area contributed by atoms with Crippen molar-refractivity contribution in [2.45, 2.75) is 50.1 Å². The number of H-pyrrole nitrogens is 2. The first-order valence-electron chi connectivity index (χ1n) is 9.37. The second-order valence-electron chi connectivity index (χ2n) is 7.14. The zero-order valence-electron chi connectivity index (χ0n) is 15.9. The minimum absolute atomic E-state index is 0.0628. The monoisotopic (exact) mass is 421 g/mol. The molecule has 28 heavy (non-hydrogen) atoms. The van der Waals surface area contributed by atoms with Crippen LogP contribution < -0.4 is 11.2 Å². The van der Waals surface area contributed by atoms with Crippen LogP contribution in [0.5, 0.6) is 0 Å². The summed E-state index contributed by atoms with van der Waals surface area (Å²) in [6, 6.07) is 0. The molecule has 0 spiro atoms. The molecule has 0 saturated heterocycles. The number of fused-ring (bicyclic) bond motifs is 3. The Morgan fingerprint density at radius 3 is 3.07 bits per heavy atom. The van der Waals surface area contributed by atoms with E-state index in [1.165, 1.54) is 22.2 Å². The van der Waals surface area contributed by atoms with Gasteiger partial charge in [-0.05, 0) is 37.2 Å². The van der Waals surface area contributed by atoms with E-state index in [9.17, 15) is 9.59 Å². The van der Waals surface area contributed by atoms with Gasteiger partial charge in [0.05, 0.1) is 11.1 Å². The van der Waals surface area contributed by atoms with E-state index in [0.29, 0.717) is 35.8 Å². The number of hydrogen-bond donors (Lipinski definition) is 2. The third-order valence-corrected chi connectivity index (χ3v) is 7.14. The molecule has 0 fully saturated rings. The summed E-state index contributed by atoms with van der Waals surface area (Å²) < 4.78 is 6.63. The SMILES string of the molecule is COCCCn1c(SCc2nc3sc4c(c3c(=O)[nH]2)CC[C@H](C)C4)n[nH]c1=O. The molecule has 2 N–H and O–H groups in total. The Kier molecular flexibility index (Phi) is 5.70. The number of thioether (sulfide) groups is 1. The zero-order chi connectivity index (χ0) is 19.7. The van der Waals surface area contributed by atoms with Gasteiger partial charge >= 0.3 is 5.69 Å². The van der Waals surface area contributed by atoms with Gasteiger partial charge in [0.25, 0.3) is 5.56 Å². The number of rotatable bonds is 7. The summed E-state index contributed by atoms with van der Waals surface area (Å²) in [5.41, 5.74) is 0.882. The molecule has 3 heterocycles. The molecule has 0 radical (unpaired) electrons. The topological polar surface area (TPSA) is 106 Å². The van der Waals surface area contributed by atoms with Gasteiger partial charge in [0.1, 0.15) is 10.7 Å². The summed E-state index contributed by atoms with van der Waals surface area (Å²) in [7, 11) is 1.63. The van der Waals surface area contributed by atoms with Gasteiger partial charge in [0.2, 0.25) is 0 Å². The Morgan fingerprint density at radius 2 is 2.25 bits per heavy atom. The average Bonchev–Trinajstić information content (AvgIpc) is 3.20. The summed E-state index contributed by atoms with van der Waals surface area (Å²) in [6.45, 7) is 3.36. The van der Waals surface area contributed by atoms with Crippen molar-refractivity contribution in [2.24, 2.45) is 5.92 Å². The normalized spacial score (nSPS) is 16.6. The second kappa shape index (κ2) is 8.22. The van der Waals surface area contributed by atoms with Crippen LogP contribution in [-0.2, 0) is 29.9 Å². The van der Waals surface area contributed by atoms with Crippen LogP contribution in [0.25, 0.3) is 10.2 Å². The van der Waals surface area contributed by atoms with Gasteiger partial charge in [-0.25, -0.2) is 14.9 Å². The van der Waals surface area contributed by atoms with Gasteiger partial charge in [0.15, 0.2) is 5.16 Å². The van der Waals surface area contributed by atoms with Crippen LogP contribution in [-0.4, -0.2) is 38.4 Å². The maximum atomic E-state index is 12.7. The molecular weight excluding hydrogens is 398 g/mol. The smallest absolute Gasteiger partial charge is 0.343 e. The highest BCUT2D eigenvalue weighted by atomic mass is 32.2. The van der Waals surface area contributed by atoms with E-state index in [1.807, 2.05) is 0 Å². The van der Waals surface area contributed by atoms with E-state index in [0.717, 1.165) is 35.9 Å². The summed E-state index contributed by atoms with van der Waals surface area (Å²) in [5, 5.41) is 7.92. The number of aromatic nitrogens is 5. The number of aryl methyl sites for hydroxylation is 1. The first-order chi connectivity index (χ1) is 13.6. The Labute approximate surface area is 169 Å². The average molecular weight is 422 g/mol. The maximum absolute atomic E-state index is 12.7. The Hall–Kier alpha value is -1.91. The number of ether oxygens (including phenoxy) is 1. The fraction of sp³-hybridized carbons (Fsp3) is 0.556. The predicted molar refractivity (Wildman–Crippen MR) is 110 cm³/mol. The van der Waals surface area contributed by atoms with E-state index >= 15 is 0 Å². The first kappa shape index (κ1) is 19.4. The standard InChI is InChI=1S/C18H23N5O3S2/c1-10-4-5-11-12(8-10)28-16-14(11)15(24)19-13(20-16)9-27-18-22-21-17(25)23(18)6-3-7-26-2/h10H,3-9H2,1-2H3,(H,21,25)(H,19,20,24)/t10-/m0/s1. The van der Waals surface area contributed by atoms with Crippen LogP contribution in [0.3, 0.4) is 0 Å². The van der Waals surface area contributed by atoms with Crippen molar-refractivity contribution >= 4 is 33.3 Å². The van der Waals surface area contributed by atoms with Gasteiger partial charge in [0, 0.05) is 25.1 Å². The lowest BCUT2D eigenvalue weighted by atomic mass is 9.89. The van der Waals surface area contributed by atoms with Crippen molar-refractivity contribution in [1.82, 2.24) is 24.7 Å². The lowest BCUT2D eigenvalue weighted by Gasteiger charge is -2.17. The summed E-state index contributed by atoms with van der Waals surface area (Å²) >= 11 is 3.03. The number of hydrogen-bond acceptors (Lipinski definition) is 7.